The summed E-state index contributed by atoms with van der Waals surface area (Å²) >= 11 is 0. The van der Waals surface area contributed by atoms with E-state index < -0.39 is 44.2 Å². The Morgan fingerprint density at radius 2 is 2.06 bits per heavy atom. The smallest absolute Gasteiger partial charge is 0.324 e. The minimum atomic E-state index is -4.56. The van der Waals surface area contributed by atoms with Crippen molar-refractivity contribution in [1.29, 1.82) is 0 Å². The molecular formula is C10H10F2O5S. The van der Waals surface area contributed by atoms with Gasteiger partial charge in [0, 0.05) is 7.11 Å². The Morgan fingerprint density at radius 3 is 2.56 bits per heavy atom. The summed E-state index contributed by atoms with van der Waals surface area (Å²) in [5.41, 5.74) is 0. The number of carbonyl (C=O) groups is 1. The summed E-state index contributed by atoms with van der Waals surface area (Å²) < 4.78 is 54.5. The molecule has 0 aliphatic rings. The second kappa shape index (κ2) is 5.40. The number of methoxy groups -OCH3 is 1. The lowest BCUT2D eigenvalue weighted by atomic mass is 10.3. The molecule has 0 heterocycles. The van der Waals surface area contributed by atoms with Gasteiger partial charge in [-0.25, -0.2) is 17.2 Å². The SMILES string of the molecule is COCC(C(=O)O)S(=O)(=O)c1cc(F)ccc1F. The summed E-state index contributed by atoms with van der Waals surface area (Å²) in [5.74, 6) is -3.88. The van der Waals surface area contributed by atoms with Crippen molar-refractivity contribution in [3.63, 3.8) is 0 Å². The molecule has 8 heteroatoms. The minimum absolute atomic E-state index is 0.441. The molecule has 1 aromatic rings. The van der Waals surface area contributed by atoms with Crippen LogP contribution in [0, 0.1) is 11.6 Å². The van der Waals surface area contributed by atoms with E-state index in [4.69, 9.17) is 5.11 Å². The third-order valence-electron chi connectivity index (χ3n) is 2.17. The molecule has 0 aliphatic heterocycles. The average Bonchev–Trinajstić information content (AvgIpc) is 2.28. The summed E-state index contributed by atoms with van der Waals surface area (Å²) in [5, 5.41) is 6.80. The molecule has 0 saturated carbocycles. The molecule has 5 nitrogen and oxygen atoms in total. The third-order valence-corrected chi connectivity index (χ3v) is 4.18. The van der Waals surface area contributed by atoms with E-state index in [1.54, 1.807) is 0 Å². The van der Waals surface area contributed by atoms with Crippen molar-refractivity contribution in [2.45, 2.75) is 10.1 Å². The molecule has 0 spiro atoms. The quantitative estimate of drug-likeness (QED) is 0.864. The second-order valence-electron chi connectivity index (χ2n) is 3.40. The second-order valence-corrected chi connectivity index (χ2v) is 5.50. The number of rotatable bonds is 5. The van der Waals surface area contributed by atoms with Crippen molar-refractivity contribution < 1.29 is 31.8 Å². The van der Waals surface area contributed by atoms with Gasteiger partial charge in [0.25, 0.3) is 0 Å². The molecule has 18 heavy (non-hydrogen) atoms. The highest BCUT2D eigenvalue weighted by molar-refractivity contribution is 7.92. The first-order valence-corrected chi connectivity index (χ1v) is 6.26. The maximum atomic E-state index is 13.3. The molecule has 0 aliphatic carbocycles. The standard InChI is InChI=1S/C10H10F2O5S/c1-17-5-9(10(13)14)18(15,16)8-4-6(11)2-3-7(8)12/h2-4,9H,5H2,1H3,(H,13,14). The lowest BCUT2D eigenvalue weighted by Gasteiger charge is -2.13. The van der Waals surface area contributed by atoms with Gasteiger partial charge in [-0.2, -0.15) is 0 Å². The van der Waals surface area contributed by atoms with Crippen molar-refractivity contribution >= 4 is 15.8 Å². The maximum absolute atomic E-state index is 13.3. The zero-order valence-corrected chi connectivity index (χ0v) is 10.1. The van der Waals surface area contributed by atoms with E-state index in [1.807, 2.05) is 0 Å². The zero-order chi connectivity index (χ0) is 13.9. The summed E-state index contributed by atoms with van der Waals surface area (Å²) in [6.45, 7) is -0.659. The van der Waals surface area contributed by atoms with Gasteiger partial charge in [-0.15, -0.1) is 0 Å². The summed E-state index contributed by atoms with van der Waals surface area (Å²) in [6.07, 6.45) is 0. The number of sulfone groups is 1. The number of ether oxygens (including phenoxy) is 1. The van der Waals surface area contributed by atoms with Gasteiger partial charge in [-0.05, 0) is 18.2 Å². The van der Waals surface area contributed by atoms with Crippen molar-refractivity contribution in [2.75, 3.05) is 13.7 Å². The van der Waals surface area contributed by atoms with Crippen LogP contribution in [0.25, 0.3) is 0 Å². The van der Waals surface area contributed by atoms with E-state index in [2.05, 4.69) is 4.74 Å². The van der Waals surface area contributed by atoms with Crippen LogP contribution in [0.1, 0.15) is 0 Å². The highest BCUT2D eigenvalue weighted by Gasteiger charge is 2.36. The monoisotopic (exact) mass is 280 g/mol. The molecular weight excluding hydrogens is 270 g/mol. The largest absolute Gasteiger partial charge is 0.480 e. The Labute approximate surface area is 102 Å². The highest BCUT2D eigenvalue weighted by Crippen LogP contribution is 2.21. The predicted octanol–water partition coefficient (Wildman–Crippen LogP) is 0.838. The fraction of sp³-hybridized carbons (Fsp3) is 0.300. The summed E-state index contributed by atoms with van der Waals surface area (Å²) in [7, 11) is -3.45. The first-order valence-electron chi connectivity index (χ1n) is 4.71. The van der Waals surface area contributed by atoms with Crippen LogP contribution in [0.3, 0.4) is 0 Å². The fourth-order valence-corrected chi connectivity index (χ4v) is 2.80. The maximum Gasteiger partial charge on any atom is 0.324 e. The molecule has 0 aromatic heterocycles. The first-order chi connectivity index (χ1) is 8.30. The van der Waals surface area contributed by atoms with Crippen molar-refractivity contribution in [2.24, 2.45) is 0 Å². The Balaban J connectivity index is 3.35. The zero-order valence-electron chi connectivity index (χ0n) is 9.26. The van der Waals surface area contributed by atoms with Gasteiger partial charge in [0.05, 0.1) is 6.61 Å². The van der Waals surface area contributed by atoms with Crippen LogP contribution < -0.4 is 0 Å². The normalized spacial score (nSPS) is 13.3. The van der Waals surface area contributed by atoms with Crippen LogP contribution in [-0.4, -0.2) is 38.5 Å². The molecule has 1 rings (SSSR count). The fourth-order valence-electron chi connectivity index (χ4n) is 1.29. The Kier molecular flexibility index (Phi) is 4.36. The van der Waals surface area contributed by atoms with Gasteiger partial charge in [0.1, 0.15) is 16.5 Å². The van der Waals surface area contributed by atoms with Gasteiger partial charge in [0.2, 0.25) is 0 Å². The lowest BCUT2D eigenvalue weighted by molar-refractivity contribution is -0.137. The van der Waals surface area contributed by atoms with Gasteiger partial charge in [-0.3, -0.25) is 4.79 Å². The van der Waals surface area contributed by atoms with Gasteiger partial charge < -0.3 is 9.84 Å². The van der Waals surface area contributed by atoms with Gasteiger partial charge >= 0.3 is 5.97 Å². The van der Waals surface area contributed by atoms with Crippen LogP contribution in [0.15, 0.2) is 23.1 Å². The average molecular weight is 280 g/mol. The number of carboxylic acid groups (broad SMARTS) is 1. The third kappa shape index (κ3) is 2.82. The minimum Gasteiger partial charge on any atom is -0.480 e. The molecule has 1 aromatic carbocycles. The molecule has 0 bridgehead atoms. The number of carboxylic acids is 1. The summed E-state index contributed by atoms with van der Waals surface area (Å²) in [6, 6.07) is 1.80. The van der Waals surface area contributed by atoms with E-state index in [9.17, 15) is 22.0 Å². The Morgan fingerprint density at radius 1 is 1.44 bits per heavy atom. The van der Waals surface area contributed by atoms with Crippen LogP contribution in [-0.2, 0) is 19.4 Å². The van der Waals surface area contributed by atoms with Crippen molar-refractivity contribution in [3.8, 4) is 0 Å². The van der Waals surface area contributed by atoms with E-state index in [-0.39, 0.29) is 0 Å². The molecule has 100 valence electrons. The number of benzene rings is 1. The predicted molar refractivity (Wildman–Crippen MR) is 56.8 cm³/mol. The van der Waals surface area contributed by atoms with E-state index in [1.165, 1.54) is 0 Å². The molecule has 1 N–H and O–H groups in total. The number of aliphatic carboxylic acids is 1. The molecule has 0 saturated heterocycles. The number of halogens is 2. The number of hydrogen-bond donors (Lipinski definition) is 1. The molecule has 1 atom stereocenters. The first kappa shape index (κ1) is 14.5. The summed E-state index contributed by atoms with van der Waals surface area (Å²) in [4.78, 5) is 9.84. The molecule has 0 fully saturated rings. The van der Waals surface area contributed by atoms with Gasteiger partial charge in [-0.1, -0.05) is 0 Å². The van der Waals surface area contributed by atoms with Crippen molar-refractivity contribution in [3.05, 3.63) is 29.8 Å². The van der Waals surface area contributed by atoms with E-state index in [0.29, 0.717) is 12.1 Å². The molecule has 0 radical (unpaired) electrons. The lowest BCUT2D eigenvalue weighted by Crippen LogP contribution is -2.34. The van der Waals surface area contributed by atoms with Crippen molar-refractivity contribution in [1.82, 2.24) is 0 Å². The van der Waals surface area contributed by atoms with Gasteiger partial charge in [0.15, 0.2) is 15.1 Å². The van der Waals surface area contributed by atoms with Crippen LogP contribution in [0.4, 0.5) is 8.78 Å². The molecule has 1 unspecified atom stereocenters. The Bertz CT molecular complexity index is 555. The molecule has 0 amide bonds. The topological polar surface area (TPSA) is 80.7 Å². The van der Waals surface area contributed by atoms with Crippen LogP contribution in [0.5, 0.6) is 0 Å². The van der Waals surface area contributed by atoms with E-state index >= 15 is 0 Å². The van der Waals surface area contributed by atoms with Crippen LogP contribution in [0.2, 0.25) is 0 Å². The van der Waals surface area contributed by atoms with E-state index in [0.717, 1.165) is 13.2 Å². The Hall–Kier alpha value is -1.54. The van der Waals surface area contributed by atoms with Crippen LogP contribution >= 0.6 is 0 Å². The highest BCUT2D eigenvalue weighted by atomic mass is 32.2. The number of hydrogen-bond acceptors (Lipinski definition) is 4.